The van der Waals surface area contributed by atoms with Gasteiger partial charge in [-0.15, -0.1) is 0 Å². The number of pyridine rings is 1. The number of nitrogens with one attached hydrogen (secondary N) is 1. The van der Waals surface area contributed by atoms with Gasteiger partial charge in [0.15, 0.2) is 0 Å². The number of anilines is 2. The summed E-state index contributed by atoms with van der Waals surface area (Å²) in [4.78, 5) is 18.5. The summed E-state index contributed by atoms with van der Waals surface area (Å²) >= 11 is 0. The standard InChI is InChI=1S/C17H17N3O/c21-17(19-13-5-6-13)15-8-7-14(11-18-15)20-10-9-12-3-1-2-4-16(12)20/h1-4,7-8,11,13H,5-6,9-10H2,(H,19,21). The van der Waals surface area contributed by atoms with Gasteiger partial charge in [-0.05, 0) is 43.0 Å². The van der Waals surface area contributed by atoms with Crippen molar-refractivity contribution in [1.82, 2.24) is 10.3 Å². The van der Waals surface area contributed by atoms with Crippen molar-refractivity contribution < 1.29 is 4.79 Å². The number of amides is 1. The van der Waals surface area contributed by atoms with E-state index >= 15 is 0 Å². The van der Waals surface area contributed by atoms with Gasteiger partial charge >= 0.3 is 0 Å². The smallest absolute Gasteiger partial charge is 0.270 e. The molecule has 2 aromatic rings. The van der Waals surface area contributed by atoms with E-state index in [4.69, 9.17) is 0 Å². The number of nitrogens with zero attached hydrogens (tertiary/aromatic N) is 2. The van der Waals surface area contributed by atoms with Crippen molar-refractivity contribution in [2.75, 3.05) is 11.4 Å². The molecule has 0 unspecified atom stereocenters. The van der Waals surface area contributed by atoms with Crippen LogP contribution in [0, 0.1) is 0 Å². The Morgan fingerprint density at radius 1 is 1.19 bits per heavy atom. The molecule has 1 fully saturated rings. The highest BCUT2D eigenvalue weighted by Gasteiger charge is 2.24. The first-order valence-electron chi connectivity index (χ1n) is 7.43. The largest absolute Gasteiger partial charge is 0.348 e. The van der Waals surface area contributed by atoms with Gasteiger partial charge in [0.05, 0.1) is 11.9 Å². The molecule has 1 aliphatic heterocycles. The molecule has 2 heterocycles. The molecule has 21 heavy (non-hydrogen) atoms. The number of aromatic nitrogens is 1. The lowest BCUT2D eigenvalue weighted by Gasteiger charge is -2.19. The Hall–Kier alpha value is -2.36. The van der Waals surface area contributed by atoms with Crippen LogP contribution in [0.15, 0.2) is 42.6 Å². The number of hydrogen-bond acceptors (Lipinski definition) is 3. The summed E-state index contributed by atoms with van der Waals surface area (Å²) in [7, 11) is 0. The molecule has 1 aromatic carbocycles. The van der Waals surface area contributed by atoms with Gasteiger partial charge in [0.1, 0.15) is 5.69 Å². The van der Waals surface area contributed by atoms with Crippen LogP contribution in [0.25, 0.3) is 0 Å². The van der Waals surface area contributed by atoms with Gasteiger partial charge in [0, 0.05) is 18.3 Å². The molecule has 106 valence electrons. The number of hydrogen-bond donors (Lipinski definition) is 1. The second-order valence-electron chi connectivity index (χ2n) is 5.68. The van der Waals surface area contributed by atoms with Crippen molar-refractivity contribution in [2.24, 2.45) is 0 Å². The third-order valence-electron chi connectivity index (χ3n) is 4.09. The minimum absolute atomic E-state index is 0.0640. The summed E-state index contributed by atoms with van der Waals surface area (Å²) in [5, 5.41) is 2.96. The molecule has 1 aromatic heterocycles. The molecular formula is C17H17N3O. The van der Waals surface area contributed by atoms with Crippen molar-refractivity contribution in [1.29, 1.82) is 0 Å². The number of benzene rings is 1. The molecule has 1 N–H and O–H groups in total. The predicted molar refractivity (Wildman–Crippen MR) is 81.9 cm³/mol. The van der Waals surface area contributed by atoms with Crippen LogP contribution in [-0.4, -0.2) is 23.5 Å². The number of para-hydroxylation sites is 1. The molecule has 0 spiro atoms. The maximum Gasteiger partial charge on any atom is 0.270 e. The summed E-state index contributed by atoms with van der Waals surface area (Å²) < 4.78 is 0. The molecule has 4 heteroatoms. The number of carbonyl (C=O) groups is 1. The first kappa shape index (κ1) is 12.4. The predicted octanol–water partition coefficient (Wildman–Crippen LogP) is 2.67. The van der Waals surface area contributed by atoms with E-state index in [0.29, 0.717) is 11.7 Å². The molecule has 1 amide bonds. The third-order valence-corrected chi connectivity index (χ3v) is 4.09. The fraction of sp³-hybridized carbons (Fsp3) is 0.294. The monoisotopic (exact) mass is 279 g/mol. The van der Waals surface area contributed by atoms with Crippen LogP contribution >= 0.6 is 0 Å². The van der Waals surface area contributed by atoms with Gasteiger partial charge in [0.2, 0.25) is 0 Å². The van der Waals surface area contributed by atoms with E-state index in [9.17, 15) is 4.79 Å². The highest BCUT2D eigenvalue weighted by Crippen LogP contribution is 2.33. The van der Waals surface area contributed by atoms with Crippen molar-refractivity contribution in [3.05, 3.63) is 53.9 Å². The van der Waals surface area contributed by atoms with Crippen molar-refractivity contribution in [3.63, 3.8) is 0 Å². The SMILES string of the molecule is O=C(NC1CC1)c1ccc(N2CCc3ccccc32)cn1. The molecule has 2 aliphatic rings. The Morgan fingerprint density at radius 2 is 2.05 bits per heavy atom. The topological polar surface area (TPSA) is 45.2 Å². The summed E-state index contributed by atoms with van der Waals surface area (Å²) in [6.45, 7) is 0.967. The van der Waals surface area contributed by atoms with Gasteiger partial charge < -0.3 is 10.2 Å². The van der Waals surface area contributed by atoms with E-state index in [2.05, 4.69) is 39.5 Å². The normalized spacial score (nSPS) is 16.7. The Kier molecular flexibility index (Phi) is 2.88. The average molecular weight is 279 g/mol. The minimum Gasteiger partial charge on any atom is -0.348 e. The number of carbonyl (C=O) groups excluding carboxylic acids is 1. The summed E-state index contributed by atoms with van der Waals surface area (Å²) in [5.74, 6) is -0.0640. The molecule has 1 saturated carbocycles. The molecule has 1 aliphatic carbocycles. The van der Waals surface area contributed by atoms with E-state index < -0.39 is 0 Å². The van der Waals surface area contributed by atoms with Crippen LogP contribution in [0.4, 0.5) is 11.4 Å². The van der Waals surface area contributed by atoms with E-state index in [1.54, 1.807) is 6.20 Å². The van der Waals surface area contributed by atoms with Crippen LogP contribution in [-0.2, 0) is 6.42 Å². The van der Waals surface area contributed by atoms with Crippen LogP contribution in [0.3, 0.4) is 0 Å². The molecule has 4 nitrogen and oxygen atoms in total. The minimum atomic E-state index is -0.0640. The van der Waals surface area contributed by atoms with Gasteiger partial charge in [-0.25, -0.2) is 4.98 Å². The lowest BCUT2D eigenvalue weighted by Crippen LogP contribution is -2.26. The van der Waals surface area contributed by atoms with Crippen molar-refractivity contribution in [2.45, 2.75) is 25.3 Å². The Balaban J connectivity index is 1.55. The lowest BCUT2D eigenvalue weighted by atomic mass is 10.2. The molecular weight excluding hydrogens is 262 g/mol. The zero-order valence-electron chi connectivity index (χ0n) is 11.7. The van der Waals surface area contributed by atoms with E-state index in [1.807, 2.05) is 12.1 Å². The maximum absolute atomic E-state index is 11.9. The zero-order chi connectivity index (χ0) is 14.2. The second kappa shape index (κ2) is 4.88. The lowest BCUT2D eigenvalue weighted by molar-refractivity contribution is 0.0946. The fourth-order valence-corrected chi connectivity index (χ4v) is 2.77. The van der Waals surface area contributed by atoms with Gasteiger partial charge in [-0.1, -0.05) is 18.2 Å². The first-order valence-corrected chi connectivity index (χ1v) is 7.43. The van der Waals surface area contributed by atoms with Crippen LogP contribution < -0.4 is 10.2 Å². The zero-order valence-corrected chi connectivity index (χ0v) is 11.7. The molecule has 0 saturated heterocycles. The van der Waals surface area contributed by atoms with Gasteiger partial charge in [-0.2, -0.15) is 0 Å². The molecule has 0 radical (unpaired) electrons. The molecule has 0 atom stereocenters. The van der Waals surface area contributed by atoms with E-state index in [1.165, 1.54) is 11.3 Å². The Morgan fingerprint density at radius 3 is 2.81 bits per heavy atom. The maximum atomic E-state index is 11.9. The molecule has 0 bridgehead atoms. The van der Waals surface area contributed by atoms with E-state index in [-0.39, 0.29) is 5.91 Å². The summed E-state index contributed by atoms with van der Waals surface area (Å²) in [6.07, 6.45) is 5.03. The van der Waals surface area contributed by atoms with Crippen molar-refractivity contribution >= 4 is 17.3 Å². The average Bonchev–Trinajstić information content (AvgIpc) is 3.23. The number of fused-ring (bicyclic) bond motifs is 1. The Bertz CT molecular complexity index is 677. The third kappa shape index (κ3) is 2.37. The van der Waals surface area contributed by atoms with Gasteiger partial charge in [0.25, 0.3) is 5.91 Å². The highest BCUT2D eigenvalue weighted by atomic mass is 16.2. The first-order chi connectivity index (χ1) is 10.3. The summed E-state index contributed by atoms with van der Waals surface area (Å²) in [5.41, 5.74) is 4.16. The fourth-order valence-electron chi connectivity index (χ4n) is 2.77. The van der Waals surface area contributed by atoms with Gasteiger partial charge in [-0.3, -0.25) is 4.79 Å². The van der Waals surface area contributed by atoms with Crippen molar-refractivity contribution in [3.8, 4) is 0 Å². The van der Waals surface area contributed by atoms with Crippen LogP contribution in [0.1, 0.15) is 28.9 Å². The van der Waals surface area contributed by atoms with E-state index in [0.717, 1.165) is 31.5 Å². The summed E-state index contributed by atoms with van der Waals surface area (Å²) in [6, 6.07) is 12.6. The number of rotatable bonds is 3. The quantitative estimate of drug-likeness (QED) is 0.939. The van der Waals surface area contributed by atoms with Crippen LogP contribution in [0.2, 0.25) is 0 Å². The molecule has 4 rings (SSSR count). The Labute approximate surface area is 123 Å². The second-order valence-corrected chi connectivity index (χ2v) is 5.68. The highest BCUT2D eigenvalue weighted by molar-refractivity contribution is 5.93. The van der Waals surface area contributed by atoms with Crippen LogP contribution in [0.5, 0.6) is 0 Å².